The van der Waals surface area contributed by atoms with Crippen LogP contribution in [0.2, 0.25) is 0 Å². The van der Waals surface area contributed by atoms with Gasteiger partial charge in [-0.25, -0.2) is 0 Å². The summed E-state index contributed by atoms with van der Waals surface area (Å²) in [4.78, 5) is 2.47. The Morgan fingerprint density at radius 3 is 3.20 bits per heavy atom. The first-order valence-electron chi connectivity index (χ1n) is 5.83. The summed E-state index contributed by atoms with van der Waals surface area (Å²) in [5.74, 6) is 1.86. The highest BCUT2D eigenvalue weighted by molar-refractivity contribution is 4.98. The van der Waals surface area contributed by atoms with E-state index in [1.165, 1.54) is 25.9 Å². The van der Waals surface area contributed by atoms with Gasteiger partial charge in [-0.1, -0.05) is 0 Å². The molecule has 84 valence electrons. The smallest absolute Gasteiger partial charge is 0.117 e. The standard InChI is InChI=1S/C12H20N2O/c13-6-5-11-3-1-7-14(9-11)10-12-4-2-8-15-12/h2,4,8,11H,1,3,5-7,9-10,13H2. The number of nitrogens with zero attached hydrogens (tertiary/aromatic N) is 1. The molecule has 1 unspecified atom stereocenters. The third kappa shape index (κ3) is 3.08. The second-order valence-corrected chi connectivity index (χ2v) is 4.40. The molecular weight excluding hydrogens is 188 g/mol. The average molecular weight is 208 g/mol. The van der Waals surface area contributed by atoms with E-state index in [1.54, 1.807) is 6.26 Å². The Morgan fingerprint density at radius 1 is 1.53 bits per heavy atom. The number of hydrogen-bond acceptors (Lipinski definition) is 3. The van der Waals surface area contributed by atoms with E-state index in [2.05, 4.69) is 4.90 Å². The van der Waals surface area contributed by atoms with Crippen molar-refractivity contribution < 1.29 is 4.42 Å². The Kier molecular flexibility index (Phi) is 3.80. The zero-order valence-electron chi connectivity index (χ0n) is 9.19. The van der Waals surface area contributed by atoms with Gasteiger partial charge in [0.1, 0.15) is 5.76 Å². The molecule has 2 rings (SSSR count). The minimum absolute atomic E-state index is 0.790. The monoisotopic (exact) mass is 208 g/mol. The fourth-order valence-electron chi connectivity index (χ4n) is 2.39. The molecule has 1 aromatic rings. The van der Waals surface area contributed by atoms with Gasteiger partial charge in [0.25, 0.3) is 0 Å². The van der Waals surface area contributed by atoms with E-state index in [0.717, 1.165) is 31.2 Å². The summed E-state index contributed by atoms with van der Waals surface area (Å²) >= 11 is 0. The van der Waals surface area contributed by atoms with Gasteiger partial charge in [-0.3, -0.25) is 4.90 Å². The average Bonchev–Trinajstić information content (AvgIpc) is 2.71. The van der Waals surface area contributed by atoms with Crippen molar-refractivity contribution in [2.75, 3.05) is 19.6 Å². The number of furan rings is 1. The molecule has 0 aromatic carbocycles. The molecule has 1 aliphatic heterocycles. The maximum absolute atomic E-state index is 5.60. The van der Waals surface area contributed by atoms with Crippen molar-refractivity contribution in [2.45, 2.75) is 25.8 Å². The largest absolute Gasteiger partial charge is 0.468 e. The molecule has 1 fully saturated rings. The first-order valence-corrected chi connectivity index (χ1v) is 5.83. The highest BCUT2D eigenvalue weighted by Crippen LogP contribution is 2.20. The maximum Gasteiger partial charge on any atom is 0.117 e. The molecule has 15 heavy (non-hydrogen) atoms. The Labute approximate surface area is 91.2 Å². The lowest BCUT2D eigenvalue weighted by Crippen LogP contribution is -2.35. The Balaban J connectivity index is 1.82. The summed E-state index contributed by atoms with van der Waals surface area (Å²) < 4.78 is 5.37. The van der Waals surface area contributed by atoms with Gasteiger partial charge in [-0.15, -0.1) is 0 Å². The lowest BCUT2D eigenvalue weighted by atomic mass is 9.95. The molecule has 0 saturated carbocycles. The summed E-state index contributed by atoms with van der Waals surface area (Å²) in [6.45, 7) is 4.15. The molecule has 1 saturated heterocycles. The van der Waals surface area contributed by atoms with Crippen LogP contribution in [0.5, 0.6) is 0 Å². The van der Waals surface area contributed by atoms with E-state index in [1.807, 2.05) is 12.1 Å². The van der Waals surface area contributed by atoms with Crippen molar-refractivity contribution in [1.29, 1.82) is 0 Å². The quantitative estimate of drug-likeness (QED) is 0.821. The van der Waals surface area contributed by atoms with Gasteiger partial charge in [-0.2, -0.15) is 0 Å². The van der Waals surface area contributed by atoms with Gasteiger partial charge in [0.2, 0.25) is 0 Å². The molecule has 2 heterocycles. The van der Waals surface area contributed by atoms with Gasteiger partial charge in [0.15, 0.2) is 0 Å². The molecule has 0 spiro atoms. The zero-order chi connectivity index (χ0) is 10.5. The summed E-state index contributed by atoms with van der Waals surface area (Å²) in [7, 11) is 0. The van der Waals surface area contributed by atoms with Crippen LogP contribution in [0.15, 0.2) is 22.8 Å². The lowest BCUT2D eigenvalue weighted by Gasteiger charge is -2.31. The van der Waals surface area contributed by atoms with Crippen LogP contribution >= 0.6 is 0 Å². The van der Waals surface area contributed by atoms with Crippen LogP contribution in [0.3, 0.4) is 0 Å². The van der Waals surface area contributed by atoms with Gasteiger partial charge in [-0.05, 0) is 50.4 Å². The molecule has 0 aliphatic carbocycles. The molecule has 0 radical (unpaired) electrons. The fourth-order valence-corrected chi connectivity index (χ4v) is 2.39. The second kappa shape index (κ2) is 5.33. The molecular formula is C12H20N2O. The number of nitrogens with two attached hydrogens (primary N) is 1. The van der Waals surface area contributed by atoms with Crippen LogP contribution < -0.4 is 5.73 Å². The topological polar surface area (TPSA) is 42.4 Å². The normalized spacial score (nSPS) is 23.1. The molecule has 3 heteroatoms. The van der Waals surface area contributed by atoms with Crippen molar-refractivity contribution in [3.05, 3.63) is 24.2 Å². The summed E-state index contributed by atoms with van der Waals surface area (Å²) in [5.41, 5.74) is 5.60. The van der Waals surface area contributed by atoms with Crippen molar-refractivity contribution in [3.63, 3.8) is 0 Å². The van der Waals surface area contributed by atoms with Crippen LogP contribution in [0.1, 0.15) is 25.0 Å². The summed E-state index contributed by atoms with van der Waals surface area (Å²) in [6, 6.07) is 4.00. The molecule has 3 nitrogen and oxygen atoms in total. The molecule has 2 N–H and O–H groups in total. The van der Waals surface area contributed by atoms with E-state index < -0.39 is 0 Å². The van der Waals surface area contributed by atoms with Crippen molar-refractivity contribution >= 4 is 0 Å². The van der Waals surface area contributed by atoms with Gasteiger partial charge < -0.3 is 10.2 Å². The third-order valence-electron chi connectivity index (χ3n) is 3.14. The van der Waals surface area contributed by atoms with Gasteiger partial charge >= 0.3 is 0 Å². The van der Waals surface area contributed by atoms with Crippen LogP contribution in [0.25, 0.3) is 0 Å². The number of rotatable bonds is 4. The minimum atomic E-state index is 0.790. The van der Waals surface area contributed by atoms with E-state index in [9.17, 15) is 0 Å². The van der Waals surface area contributed by atoms with Crippen LogP contribution in [0.4, 0.5) is 0 Å². The molecule has 1 aromatic heterocycles. The first kappa shape index (κ1) is 10.7. The predicted octanol–water partition coefficient (Wildman–Crippen LogP) is 1.84. The number of piperidine rings is 1. The van der Waals surface area contributed by atoms with Crippen molar-refractivity contribution in [1.82, 2.24) is 4.90 Å². The van der Waals surface area contributed by atoms with Crippen LogP contribution in [-0.2, 0) is 6.54 Å². The van der Waals surface area contributed by atoms with E-state index in [4.69, 9.17) is 10.2 Å². The van der Waals surface area contributed by atoms with Crippen LogP contribution in [0, 0.1) is 5.92 Å². The van der Waals surface area contributed by atoms with Crippen molar-refractivity contribution in [3.8, 4) is 0 Å². The third-order valence-corrected chi connectivity index (χ3v) is 3.14. The first-order chi connectivity index (χ1) is 7.38. The van der Waals surface area contributed by atoms with E-state index in [-0.39, 0.29) is 0 Å². The Morgan fingerprint density at radius 2 is 2.47 bits per heavy atom. The number of likely N-dealkylation sites (tertiary alicyclic amines) is 1. The highest BCUT2D eigenvalue weighted by atomic mass is 16.3. The Bertz CT molecular complexity index is 269. The molecule has 1 aliphatic rings. The highest BCUT2D eigenvalue weighted by Gasteiger charge is 2.19. The molecule has 1 atom stereocenters. The molecule has 0 bridgehead atoms. The van der Waals surface area contributed by atoms with Crippen LogP contribution in [-0.4, -0.2) is 24.5 Å². The molecule has 0 amide bonds. The Hall–Kier alpha value is -0.800. The van der Waals surface area contributed by atoms with Gasteiger partial charge in [0.05, 0.1) is 12.8 Å². The second-order valence-electron chi connectivity index (χ2n) is 4.40. The van der Waals surface area contributed by atoms with E-state index >= 15 is 0 Å². The number of hydrogen-bond donors (Lipinski definition) is 1. The lowest BCUT2D eigenvalue weighted by molar-refractivity contribution is 0.153. The maximum atomic E-state index is 5.60. The minimum Gasteiger partial charge on any atom is -0.468 e. The van der Waals surface area contributed by atoms with Gasteiger partial charge in [0, 0.05) is 6.54 Å². The summed E-state index contributed by atoms with van der Waals surface area (Å²) in [6.07, 6.45) is 5.54. The SMILES string of the molecule is NCCC1CCCN(Cc2ccco2)C1. The van der Waals surface area contributed by atoms with Crippen molar-refractivity contribution in [2.24, 2.45) is 11.7 Å². The van der Waals surface area contributed by atoms with E-state index in [0.29, 0.717) is 0 Å². The fraction of sp³-hybridized carbons (Fsp3) is 0.667. The summed E-state index contributed by atoms with van der Waals surface area (Å²) in [5, 5.41) is 0. The predicted molar refractivity (Wildman–Crippen MR) is 60.4 cm³/mol. The zero-order valence-corrected chi connectivity index (χ0v) is 9.19.